The molecule has 0 spiro atoms. The first-order chi connectivity index (χ1) is 12.7. The van der Waals surface area contributed by atoms with Crippen LogP contribution in [0.1, 0.15) is 43.7 Å². The Morgan fingerprint density at radius 2 is 1.81 bits per heavy atom. The number of nitrogens with two attached hydrogens (primary N) is 1. The highest BCUT2D eigenvalue weighted by molar-refractivity contribution is 6.32. The minimum atomic E-state index is -0.260. The van der Waals surface area contributed by atoms with E-state index in [0.717, 1.165) is 23.7 Å². The quantitative estimate of drug-likeness (QED) is 0.735. The van der Waals surface area contributed by atoms with E-state index in [4.69, 9.17) is 21.1 Å². The van der Waals surface area contributed by atoms with E-state index in [9.17, 15) is 4.39 Å². The van der Waals surface area contributed by atoms with Crippen LogP contribution >= 0.6 is 11.6 Å². The summed E-state index contributed by atoms with van der Waals surface area (Å²) >= 11 is 6.48. The number of benzene rings is 2. The van der Waals surface area contributed by atoms with Gasteiger partial charge in [0.15, 0.2) is 11.5 Å². The van der Waals surface area contributed by atoms with Gasteiger partial charge in [0.05, 0.1) is 17.7 Å². The van der Waals surface area contributed by atoms with Crippen LogP contribution in [0.15, 0.2) is 36.4 Å². The fourth-order valence-electron chi connectivity index (χ4n) is 3.37. The first-order valence-electron chi connectivity index (χ1n) is 9.31. The van der Waals surface area contributed by atoms with E-state index >= 15 is 0 Å². The standard InChI is InChI=1S/C21H25ClFNO2/c1-2-25-20-12-16(13-24-18-5-3-4-6-18)11-19(22)21(20)26-14-15-7-9-17(23)10-8-15/h7-12,18,24H,2-6,13-14H2,1H3/p+1. The summed E-state index contributed by atoms with van der Waals surface area (Å²) in [6, 6.07) is 10.9. The van der Waals surface area contributed by atoms with Crippen LogP contribution in [0.2, 0.25) is 5.02 Å². The molecular formula is C21H26ClFNO2+. The molecule has 140 valence electrons. The van der Waals surface area contributed by atoms with Crippen LogP contribution in [0.5, 0.6) is 11.5 Å². The first-order valence-corrected chi connectivity index (χ1v) is 9.69. The Morgan fingerprint density at radius 1 is 1.08 bits per heavy atom. The Bertz CT molecular complexity index is 715. The van der Waals surface area contributed by atoms with Crippen LogP contribution in [-0.4, -0.2) is 12.6 Å². The van der Waals surface area contributed by atoms with Gasteiger partial charge in [-0.1, -0.05) is 23.7 Å². The van der Waals surface area contributed by atoms with Crippen molar-refractivity contribution in [2.75, 3.05) is 6.61 Å². The lowest BCUT2D eigenvalue weighted by Gasteiger charge is -2.16. The maximum absolute atomic E-state index is 13.0. The van der Waals surface area contributed by atoms with Gasteiger partial charge in [-0.2, -0.15) is 0 Å². The molecular weight excluding hydrogens is 353 g/mol. The number of halogens is 2. The Balaban J connectivity index is 1.69. The summed E-state index contributed by atoms with van der Waals surface area (Å²) in [6.07, 6.45) is 5.26. The van der Waals surface area contributed by atoms with Crippen molar-refractivity contribution in [2.24, 2.45) is 0 Å². The lowest BCUT2D eigenvalue weighted by atomic mass is 10.1. The zero-order valence-corrected chi connectivity index (χ0v) is 15.9. The zero-order chi connectivity index (χ0) is 18.4. The molecule has 2 aromatic carbocycles. The van der Waals surface area contributed by atoms with Gasteiger partial charge in [-0.05, 0) is 62.4 Å². The van der Waals surface area contributed by atoms with Gasteiger partial charge >= 0.3 is 0 Å². The molecule has 0 radical (unpaired) electrons. The van der Waals surface area contributed by atoms with Gasteiger partial charge in [-0.15, -0.1) is 0 Å². The summed E-state index contributed by atoms with van der Waals surface area (Å²) in [6.45, 7) is 3.68. The molecule has 1 saturated carbocycles. The molecule has 2 N–H and O–H groups in total. The van der Waals surface area contributed by atoms with Crippen LogP contribution in [0, 0.1) is 5.82 Å². The van der Waals surface area contributed by atoms with Gasteiger partial charge in [0.25, 0.3) is 0 Å². The lowest BCUT2D eigenvalue weighted by molar-refractivity contribution is -0.703. The molecule has 2 aromatic rings. The summed E-state index contributed by atoms with van der Waals surface area (Å²) < 4.78 is 24.7. The second-order valence-electron chi connectivity index (χ2n) is 6.74. The van der Waals surface area contributed by atoms with Crippen molar-refractivity contribution in [3.05, 3.63) is 58.4 Å². The van der Waals surface area contributed by atoms with E-state index in [1.807, 2.05) is 19.1 Å². The zero-order valence-electron chi connectivity index (χ0n) is 15.1. The van der Waals surface area contributed by atoms with Gasteiger partial charge in [0.1, 0.15) is 19.0 Å². The molecule has 3 nitrogen and oxygen atoms in total. The number of hydrogen-bond acceptors (Lipinski definition) is 2. The SMILES string of the molecule is CCOc1cc(C[NH2+]C2CCCC2)cc(Cl)c1OCc1ccc(F)cc1. The normalized spacial score (nSPS) is 14.6. The van der Waals surface area contributed by atoms with Crippen LogP contribution in [0.4, 0.5) is 4.39 Å². The lowest BCUT2D eigenvalue weighted by Crippen LogP contribution is -2.87. The molecule has 1 aliphatic carbocycles. The van der Waals surface area contributed by atoms with Crippen molar-refractivity contribution in [1.29, 1.82) is 0 Å². The fraction of sp³-hybridized carbons (Fsp3) is 0.429. The highest BCUT2D eigenvalue weighted by Crippen LogP contribution is 2.37. The van der Waals surface area contributed by atoms with Crippen molar-refractivity contribution < 1.29 is 19.2 Å². The first kappa shape index (κ1) is 19.0. The summed E-state index contributed by atoms with van der Waals surface area (Å²) in [5, 5.41) is 2.95. The molecule has 0 aromatic heterocycles. The van der Waals surface area contributed by atoms with Crippen molar-refractivity contribution >= 4 is 11.6 Å². The summed E-state index contributed by atoms with van der Waals surface area (Å²) in [5.74, 6) is 0.948. The molecule has 5 heteroatoms. The molecule has 0 saturated heterocycles. The Kier molecular flexibility index (Phi) is 6.75. The van der Waals surface area contributed by atoms with Gasteiger partial charge in [0, 0.05) is 5.56 Å². The van der Waals surface area contributed by atoms with Gasteiger partial charge in [-0.3, -0.25) is 0 Å². The van der Waals surface area contributed by atoms with E-state index in [0.29, 0.717) is 29.7 Å². The molecule has 0 amide bonds. The number of hydrogen-bond donors (Lipinski definition) is 1. The van der Waals surface area contributed by atoms with E-state index in [1.54, 1.807) is 12.1 Å². The maximum Gasteiger partial charge on any atom is 0.180 e. The van der Waals surface area contributed by atoms with E-state index in [2.05, 4.69) is 5.32 Å². The number of quaternary nitrogens is 1. The molecule has 3 rings (SSSR count). The third-order valence-electron chi connectivity index (χ3n) is 4.75. The average molecular weight is 379 g/mol. The van der Waals surface area contributed by atoms with E-state index < -0.39 is 0 Å². The summed E-state index contributed by atoms with van der Waals surface area (Å²) in [5.41, 5.74) is 2.02. The second kappa shape index (κ2) is 9.24. The van der Waals surface area contributed by atoms with Gasteiger partial charge in [0.2, 0.25) is 0 Å². The Morgan fingerprint density at radius 3 is 2.50 bits per heavy atom. The largest absolute Gasteiger partial charge is 0.490 e. The number of ether oxygens (including phenoxy) is 2. The predicted molar refractivity (Wildman–Crippen MR) is 101 cm³/mol. The van der Waals surface area contributed by atoms with Gasteiger partial charge < -0.3 is 14.8 Å². The summed E-state index contributed by atoms with van der Waals surface area (Å²) in [4.78, 5) is 0. The Labute approximate surface area is 159 Å². The second-order valence-corrected chi connectivity index (χ2v) is 7.14. The molecule has 0 heterocycles. The average Bonchev–Trinajstić information content (AvgIpc) is 3.14. The van der Waals surface area contributed by atoms with E-state index in [-0.39, 0.29) is 5.82 Å². The highest BCUT2D eigenvalue weighted by Gasteiger charge is 2.19. The molecule has 26 heavy (non-hydrogen) atoms. The Hall–Kier alpha value is -1.78. The molecule has 1 fully saturated rings. The summed E-state index contributed by atoms with van der Waals surface area (Å²) in [7, 11) is 0. The van der Waals surface area contributed by atoms with Crippen molar-refractivity contribution in [3.63, 3.8) is 0 Å². The molecule has 0 aliphatic heterocycles. The van der Waals surface area contributed by atoms with Crippen molar-refractivity contribution in [2.45, 2.75) is 51.8 Å². The van der Waals surface area contributed by atoms with Crippen molar-refractivity contribution in [3.8, 4) is 11.5 Å². The van der Waals surface area contributed by atoms with Crippen LogP contribution in [0.25, 0.3) is 0 Å². The topological polar surface area (TPSA) is 35.1 Å². The number of rotatable bonds is 8. The molecule has 0 atom stereocenters. The smallest absolute Gasteiger partial charge is 0.180 e. The fourth-order valence-corrected chi connectivity index (χ4v) is 3.66. The van der Waals surface area contributed by atoms with Crippen molar-refractivity contribution in [1.82, 2.24) is 0 Å². The van der Waals surface area contributed by atoms with Crippen LogP contribution < -0.4 is 14.8 Å². The predicted octanol–water partition coefficient (Wildman–Crippen LogP) is 4.46. The minimum absolute atomic E-state index is 0.260. The van der Waals surface area contributed by atoms with E-state index in [1.165, 1.54) is 37.8 Å². The van der Waals surface area contributed by atoms with Crippen LogP contribution in [-0.2, 0) is 13.2 Å². The molecule has 0 bridgehead atoms. The monoisotopic (exact) mass is 378 g/mol. The minimum Gasteiger partial charge on any atom is -0.490 e. The molecule has 1 aliphatic rings. The van der Waals surface area contributed by atoms with Crippen LogP contribution in [0.3, 0.4) is 0 Å². The van der Waals surface area contributed by atoms with Gasteiger partial charge in [-0.25, -0.2) is 4.39 Å². The highest BCUT2D eigenvalue weighted by atomic mass is 35.5. The third-order valence-corrected chi connectivity index (χ3v) is 5.03. The maximum atomic E-state index is 13.0. The third kappa shape index (κ3) is 5.12. The molecule has 0 unspecified atom stereocenters.